The number of anilines is 3. The van der Waals surface area contributed by atoms with Crippen molar-refractivity contribution in [3.63, 3.8) is 0 Å². The van der Waals surface area contributed by atoms with Gasteiger partial charge in [0.2, 0.25) is 0 Å². The second-order valence-electron chi connectivity index (χ2n) is 7.96. The number of nitrogens with zero attached hydrogens (tertiary/aromatic N) is 5. The highest BCUT2D eigenvalue weighted by molar-refractivity contribution is 6.13. The van der Waals surface area contributed by atoms with Crippen LogP contribution >= 0.6 is 0 Å². The molecule has 0 radical (unpaired) electrons. The van der Waals surface area contributed by atoms with Gasteiger partial charge in [0.25, 0.3) is 5.91 Å². The first-order valence-corrected chi connectivity index (χ1v) is 10.5. The third kappa shape index (κ3) is 4.06. The van der Waals surface area contributed by atoms with E-state index in [1.165, 1.54) is 0 Å². The zero-order chi connectivity index (χ0) is 22.9. The number of amides is 1. The Morgan fingerprint density at radius 3 is 2.55 bits per heavy atom. The average molecular weight is 438 g/mol. The van der Waals surface area contributed by atoms with Gasteiger partial charge in [0.15, 0.2) is 5.82 Å². The SMILES string of the molecule is Cc1ccccc1Nc1ncc(-c2cnn(C)c2)cc1NC(=O)c1cccc2nn(C)cc12. The molecule has 8 heteroatoms. The number of pyridine rings is 1. The molecule has 0 aliphatic heterocycles. The summed E-state index contributed by atoms with van der Waals surface area (Å²) in [5, 5.41) is 15.9. The molecule has 3 heterocycles. The number of hydrogen-bond acceptors (Lipinski definition) is 5. The van der Waals surface area contributed by atoms with Gasteiger partial charge in [0.1, 0.15) is 0 Å². The molecule has 2 aromatic carbocycles. The van der Waals surface area contributed by atoms with Crippen molar-refractivity contribution in [1.29, 1.82) is 0 Å². The van der Waals surface area contributed by atoms with E-state index in [2.05, 4.69) is 25.8 Å². The van der Waals surface area contributed by atoms with Crippen LogP contribution in [0.3, 0.4) is 0 Å². The summed E-state index contributed by atoms with van der Waals surface area (Å²) in [6, 6.07) is 15.4. The number of para-hydroxylation sites is 1. The molecule has 3 aromatic heterocycles. The van der Waals surface area contributed by atoms with Gasteiger partial charge in [-0.25, -0.2) is 4.98 Å². The zero-order valence-electron chi connectivity index (χ0n) is 18.6. The number of benzene rings is 2. The monoisotopic (exact) mass is 437 g/mol. The molecule has 0 saturated heterocycles. The highest BCUT2D eigenvalue weighted by Gasteiger charge is 2.16. The predicted molar refractivity (Wildman–Crippen MR) is 130 cm³/mol. The molecule has 33 heavy (non-hydrogen) atoms. The van der Waals surface area contributed by atoms with Gasteiger partial charge in [-0.2, -0.15) is 10.2 Å². The van der Waals surface area contributed by atoms with Crippen molar-refractivity contribution in [2.45, 2.75) is 6.92 Å². The van der Waals surface area contributed by atoms with E-state index >= 15 is 0 Å². The molecule has 5 aromatic rings. The first kappa shape index (κ1) is 20.4. The molecule has 2 N–H and O–H groups in total. The maximum atomic E-state index is 13.3. The fraction of sp³-hybridized carbons (Fsp3) is 0.120. The average Bonchev–Trinajstić information content (AvgIpc) is 3.40. The van der Waals surface area contributed by atoms with E-state index in [0.29, 0.717) is 17.1 Å². The minimum atomic E-state index is -0.230. The lowest BCUT2D eigenvalue weighted by Crippen LogP contribution is -2.14. The molecule has 0 aliphatic carbocycles. The molecule has 0 saturated carbocycles. The minimum absolute atomic E-state index is 0.230. The summed E-state index contributed by atoms with van der Waals surface area (Å²) < 4.78 is 3.44. The Labute approximate surface area is 190 Å². The summed E-state index contributed by atoms with van der Waals surface area (Å²) in [6.07, 6.45) is 7.30. The van der Waals surface area contributed by atoms with Gasteiger partial charge < -0.3 is 10.6 Å². The molecule has 0 aliphatic rings. The maximum Gasteiger partial charge on any atom is 0.256 e. The van der Waals surface area contributed by atoms with Crippen molar-refractivity contribution in [2.75, 3.05) is 10.6 Å². The Kier molecular flexibility index (Phi) is 5.10. The van der Waals surface area contributed by atoms with Crippen LogP contribution in [-0.4, -0.2) is 30.5 Å². The van der Waals surface area contributed by atoms with Crippen LogP contribution in [0.15, 0.2) is 73.3 Å². The van der Waals surface area contributed by atoms with Crippen LogP contribution in [0.1, 0.15) is 15.9 Å². The summed E-state index contributed by atoms with van der Waals surface area (Å²) in [5.74, 6) is 0.329. The molecule has 0 atom stereocenters. The Bertz CT molecular complexity index is 1480. The minimum Gasteiger partial charge on any atom is -0.338 e. The van der Waals surface area contributed by atoms with E-state index in [0.717, 1.165) is 33.3 Å². The molecule has 5 rings (SSSR count). The first-order valence-electron chi connectivity index (χ1n) is 10.5. The Morgan fingerprint density at radius 1 is 0.909 bits per heavy atom. The van der Waals surface area contributed by atoms with Gasteiger partial charge >= 0.3 is 0 Å². The van der Waals surface area contributed by atoms with Crippen LogP contribution in [0.25, 0.3) is 22.0 Å². The van der Waals surface area contributed by atoms with Gasteiger partial charge in [-0.1, -0.05) is 24.3 Å². The molecule has 0 unspecified atom stereocenters. The molecule has 0 fully saturated rings. The fourth-order valence-electron chi connectivity index (χ4n) is 3.78. The van der Waals surface area contributed by atoms with Crippen molar-refractivity contribution in [3.05, 3.63) is 84.4 Å². The maximum absolute atomic E-state index is 13.3. The number of aromatic nitrogens is 5. The summed E-state index contributed by atoms with van der Waals surface area (Å²) in [6.45, 7) is 2.02. The largest absolute Gasteiger partial charge is 0.338 e. The predicted octanol–water partition coefficient (Wildman–Crippen LogP) is 4.67. The number of aryl methyl sites for hydroxylation is 3. The number of carbonyl (C=O) groups is 1. The molecule has 0 spiro atoms. The Hall–Kier alpha value is -4.46. The van der Waals surface area contributed by atoms with E-state index in [1.807, 2.05) is 75.9 Å². The molecular weight excluding hydrogens is 414 g/mol. The van der Waals surface area contributed by atoms with E-state index in [9.17, 15) is 4.79 Å². The van der Waals surface area contributed by atoms with Crippen molar-refractivity contribution < 1.29 is 4.79 Å². The summed E-state index contributed by atoms with van der Waals surface area (Å²) in [7, 11) is 3.70. The number of rotatable bonds is 5. The number of carbonyl (C=O) groups excluding carboxylic acids is 1. The summed E-state index contributed by atoms with van der Waals surface area (Å²) in [5.41, 5.74) is 5.66. The summed E-state index contributed by atoms with van der Waals surface area (Å²) in [4.78, 5) is 18.0. The number of hydrogen-bond donors (Lipinski definition) is 2. The van der Waals surface area contributed by atoms with Gasteiger partial charge in [-0.3, -0.25) is 14.2 Å². The first-order chi connectivity index (χ1) is 16.0. The quantitative estimate of drug-likeness (QED) is 0.417. The second kappa shape index (κ2) is 8.23. The van der Waals surface area contributed by atoms with E-state index in [1.54, 1.807) is 27.8 Å². The van der Waals surface area contributed by atoms with Crippen molar-refractivity contribution in [1.82, 2.24) is 24.5 Å². The Balaban J connectivity index is 1.55. The molecule has 0 bridgehead atoms. The molecule has 164 valence electrons. The van der Waals surface area contributed by atoms with Gasteiger partial charge in [0.05, 0.1) is 23.0 Å². The molecular formula is C25H23N7O. The lowest BCUT2D eigenvalue weighted by Gasteiger charge is -2.15. The van der Waals surface area contributed by atoms with E-state index < -0.39 is 0 Å². The highest BCUT2D eigenvalue weighted by Crippen LogP contribution is 2.30. The van der Waals surface area contributed by atoms with Crippen molar-refractivity contribution in [3.8, 4) is 11.1 Å². The molecule has 1 amide bonds. The number of nitrogens with one attached hydrogen (secondary N) is 2. The van der Waals surface area contributed by atoms with Crippen molar-refractivity contribution >= 4 is 34.0 Å². The van der Waals surface area contributed by atoms with E-state index in [4.69, 9.17) is 0 Å². The van der Waals surface area contributed by atoms with Gasteiger partial charge in [-0.15, -0.1) is 0 Å². The van der Waals surface area contributed by atoms with Crippen LogP contribution in [0.2, 0.25) is 0 Å². The highest BCUT2D eigenvalue weighted by atomic mass is 16.1. The van der Waals surface area contributed by atoms with Crippen LogP contribution < -0.4 is 10.6 Å². The van der Waals surface area contributed by atoms with Gasteiger partial charge in [0, 0.05) is 54.9 Å². The third-order valence-corrected chi connectivity index (χ3v) is 5.48. The zero-order valence-corrected chi connectivity index (χ0v) is 18.6. The summed E-state index contributed by atoms with van der Waals surface area (Å²) >= 11 is 0. The molecule has 8 nitrogen and oxygen atoms in total. The lowest BCUT2D eigenvalue weighted by molar-refractivity contribution is 0.102. The topological polar surface area (TPSA) is 89.7 Å². The normalized spacial score (nSPS) is 11.0. The smallest absolute Gasteiger partial charge is 0.256 e. The van der Waals surface area contributed by atoms with Crippen LogP contribution in [0.4, 0.5) is 17.2 Å². The number of fused-ring (bicyclic) bond motifs is 1. The van der Waals surface area contributed by atoms with Crippen LogP contribution in [-0.2, 0) is 14.1 Å². The van der Waals surface area contributed by atoms with E-state index in [-0.39, 0.29) is 5.91 Å². The van der Waals surface area contributed by atoms with Crippen LogP contribution in [0, 0.1) is 6.92 Å². The fourth-order valence-corrected chi connectivity index (χ4v) is 3.78. The van der Waals surface area contributed by atoms with Gasteiger partial charge in [-0.05, 0) is 36.8 Å². The van der Waals surface area contributed by atoms with Crippen LogP contribution in [0.5, 0.6) is 0 Å². The third-order valence-electron chi connectivity index (χ3n) is 5.48. The Morgan fingerprint density at radius 2 is 1.76 bits per heavy atom. The second-order valence-corrected chi connectivity index (χ2v) is 7.96. The van der Waals surface area contributed by atoms with Crippen molar-refractivity contribution in [2.24, 2.45) is 14.1 Å². The standard InChI is InChI=1S/C25H23N7O/c1-16-7-4-5-9-21(16)28-24-23(11-17(12-26-24)18-13-27-31(2)14-18)29-25(33)19-8-6-10-22-20(19)15-32(3)30-22/h4-15H,1-3H3,(H,26,28)(H,29,33). The lowest BCUT2D eigenvalue weighted by atomic mass is 10.1.